The Bertz CT molecular complexity index is 2060. The number of anilines is 2. The van der Waals surface area contributed by atoms with Gasteiger partial charge in [-0.2, -0.15) is 5.26 Å². The number of nitriles is 1. The van der Waals surface area contributed by atoms with Crippen molar-refractivity contribution >= 4 is 22.8 Å². The van der Waals surface area contributed by atoms with Gasteiger partial charge < -0.3 is 10.6 Å². The van der Waals surface area contributed by atoms with Crippen LogP contribution in [0.2, 0.25) is 0 Å². The molecule has 7 rings (SSSR count). The molecule has 228 valence electrons. The third-order valence-electron chi connectivity index (χ3n) is 8.30. The number of fused-ring (bicyclic) bond motifs is 1. The Morgan fingerprint density at radius 3 is 2.37 bits per heavy atom. The number of aromatic nitrogens is 7. The van der Waals surface area contributed by atoms with Gasteiger partial charge in [-0.1, -0.05) is 12.1 Å². The number of nitrogens with two attached hydrogens (primary N) is 1. The van der Waals surface area contributed by atoms with Gasteiger partial charge in [0.15, 0.2) is 11.5 Å². The van der Waals surface area contributed by atoms with Crippen LogP contribution in [0.3, 0.4) is 0 Å². The van der Waals surface area contributed by atoms with Crippen molar-refractivity contribution in [2.45, 2.75) is 32.5 Å². The molecule has 1 aliphatic rings. The van der Waals surface area contributed by atoms with E-state index >= 15 is 0 Å². The Labute approximate surface area is 264 Å². The summed E-state index contributed by atoms with van der Waals surface area (Å²) in [7, 11) is 0. The summed E-state index contributed by atoms with van der Waals surface area (Å²) >= 11 is 0. The number of nitrogens with zero attached hydrogens (tertiary/aromatic N) is 10. The first-order valence-corrected chi connectivity index (χ1v) is 14.9. The van der Waals surface area contributed by atoms with Gasteiger partial charge in [-0.25, -0.2) is 29.3 Å². The maximum absolute atomic E-state index is 13.6. The van der Waals surface area contributed by atoms with Crippen molar-refractivity contribution in [1.29, 1.82) is 5.26 Å². The highest BCUT2D eigenvalue weighted by Gasteiger charge is 2.30. The molecule has 46 heavy (non-hydrogen) atoms. The van der Waals surface area contributed by atoms with Crippen LogP contribution in [0, 0.1) is 17.1 Å². The number of piperazine rings is 1. The van der Waals surface area contributed by atoms with E-state index in [4.69, 9.17) is 15.7 Å². The molecule has 6 aromatic rings. The lowest BCUT2D eigenvalue weighted by molar-refractivity contribution is 0.123. The van der Waals surface area contributed by atoms with E-state index in [2.05, 4.69) is 67.8 Å². The number of halogens is 1. The number of pyridine rings is 3. The number of imidazole rings is 1. The summed E-state index contributed by atoms with van der Waals surface area (Å²) in [6, 6.07) is 23.2. The fraction of sp³-hybridized carbons (Fsp3) is 0.206. The SMILES string of the molecule is C[C@@H]1CN(c2ccnc(C#N)n2)C[C@@H](C)N1Cc1ccc(-n2c(-c3cccnc3N)nc3ccc(-c4ccc(F)cn4)nc32)cc1. The molecule has 2 atom stereocenters. The smallest absolute Gasteiger partial charge is 0.234 e. The molecule has 0 radical (unpaired) electrons. The fourth-order valence-corrected chi connectivity index (χ4v) is 6.05. The van der Waals surface area contributed by atoms with Gasteiger partial charge in [0.1, 0.15) is 29.0 Å². The Morgan fingerprint density at radius 1 is 0.870 bits per heavy atom. The van der Waals surface area contributed by atoms with Crippen molar-refractivity contribution in [3.05, 3.63) is 103 Å². The molecule has 2 N–H and O–H groups in total. The van der Waals surface area contributed by atoms with Gasteiger partial charge in [-0.05, 0) is 74.0 Å². The second-order valence-corrected chi connectivity index (χ2v) is 11.4. The standard InChI is InChI=1S/C34H30FN11/c1-21-18-44(31-13-15-38-30(16-36)43-31)19-22(2)45(21)20-23-5-8-25(9-6-23)46-33(26-4-3-14-39-32(26)37)42-29-12-11-28(41-34(29)46)27-10-7-24(35)17-40-27/h3-15,17,21-22H,18-20H2,1-2H3,(H2,37,39)/t21-,22-/m1/s1. The second kappa shape index (κ2) is 11.9. The van der Waals surface area contributed by atoms with Gasteiger partial charge >= 0.3 is 0 Å². The van der Waals surface area contributed by atoms with Crippen LogP contribution in [0.1, 0.15) is 25.2 Å². The van der Waals surface area contributed by atoms with E-state index in [1.54, 1.807) is 18.5 Å². The number of hydrogen-bond acceptors (Lipinski definition) is 10. The maximum atomic E-state index is 13.6. The minimum Gasteiger partial charge on any atom is -0.383 e. The van der Waals surface area contributed by atoms with Crippen molar-refractivity contribution in [3.8, 4) is 34.5 Å². The highest BCUT2D eigenvalue weighted by atomic mass is 19.1. The molecule has 12 heteroatoms. The lowest BCUT2D eigenvalue weighted by Crippen LogP contribution is -2.56. The summed E-state index contributed by atoms with van der Waals surface area (Å²) in [6.45, 7) is 6.78. The minimum absolute atomic E-state index is 0.180. The molecule has 0 aliphatic carbocycles. The van der Waals surface area contributed by atoms with Crippen molar-refractivity contribution in [2.75, 3.05) is 23.7 Å². The number of nitrogen functional groups attached to an aromatic ring is 1. The third-order valence-corrected chi connectivity index (χ3v) is 8.30. The van der Waals surface area contributed by atoms with Crippen LogP contribution >= 0.6 is 0 Å². The minimum atomic E-state index is -0.407. The molecule has 1 aromatic carbocycles. The van der Waals surface area contributed by atoms with Crippen LogP contribution in [0.15, 0.2) is 85.3 Å². The molecule has 1 fully saturated rings. The second-order valence-electron chi connectivity index (χ2n) is 11.4. The summed E-state index contributed by atoms with van der Waals surface area (Å²) in [6.07, 6.45) is 4.47. The van der Waals surface area contributed by atoms with Gasteiger partial charge in [0.25, 0.3) is 0 Å². The number of rotatable bonds is 6. The van der Waals surface area contributed by atoms with Crippen molar-refractivity contribution in [2.24, 2.45) is 0 Å². The first kappa shape index (κ1) is 28.9. The predicted octanol–water partition coefficient (Wildman–Crippen LogP) is 5.03. The van der Waals surface area contributed by atoms with Gasteiger partial charge in [0.05, 0.1) is 23.1 Å². The van der Waals surface area contributed by atoms with Gasteiger partial charge in [-0.3, -0.25) is 14.5 Å². The van der Waals surface area contributed by atoms with Gasteiger partial charge in [-0.15, -0.1) is 0 Å². The first-order chi connectivity index (χ1) is 22.4. The van der Waals surface area contributed by atoms with Crippen molar-refractivity contribution < 1.29 is 4.39 Å². The summed E-state index contributed by atoms with van der Waals surface area (Å²) in [5, 5.41) is 9.22. The zero-order valence-electron chi connectivity index (χ0n) is 25.3. The monoisotopic (exact) mass is 611 g/mol. The molecule has 6 heterocycles. The number of benzene rings is 1. The zero-order valence-corrected chi connectivity index (χ0v) is 25.3. The van der Waals surface area contributed by atoms with Crippen LogP contribution in [-0.2, 0) is 6.54 Å². The summed E-state index contributed by atoms with van der Waals surface area (Å²) in [4.78, 5) is 31.4. The molecule has 11 nitrogen and oxygen atoms in total. The molecule has 0 saturated carbocycles. The van der Waals surface area contributed by atoms with E-state index < -0.39 is 5.82 Å². The molecule has 0 bridgehead atoms. The normalized spacial score (nSPS) is 16.9. The van der Waals surface area contributed by atoms with Crippen molar-refractivity contribution in [1.82, 2.24) is 39.4 Å². The first-order valence-electron chi connectivity index (χ1n) is 14.9. The molecule has 0 amide bonds. The molecule has 1 aliphatic heterocycles. The Morgan fingerprint density at radius 2 is 1.65 bits per heavy atom. The quantitative estimate of drug-likeness (QED) is 0.273. The maximum Gasteiger partial charge on any atom is 0.234 e. The molecular weight excluding hydrogens is 581 g/mol. The van der Waals surface area contributed by atoms with E-state index in [1.807, 2.05) is 41.0 Å². The average molecular weight is 612 g/mol. The lowest BCUT2D eigenvalue weighted by Gasteiger charge is -2.45. The fourth-order valence-electron chi connectivity index (χ4n) is 6.05. The van der Waals surface area contributed by atoms with Crippen molar-refractivity contribution in [3.63, 3.8) is 0 Å². The van der Waals surface area contributed by atoms with E-state index in [0.717, 1.165) is 31.1 Å². The summed E-state index contributed by atoms with van der Waals surface area (Å²) in [5.41, 5.74) is 11.5. The van der Waals surface area contributed by atoms with E-state index in [1.165, 1.54) is 17.8 Å². The molecule has 0 spiro atoms. The highest BCUT2D eigenvalue weighted by Crippen LogP contribution is 2.32. The van der Waals surface area contributed by atoms with Crippen LogP contribution < -0.4 is 10.6 Å². The number of hydrogen-bond donors (Lipinski definition) is 1. The summed E-state index contributed by atoms with van der Waals surface area (Å²) in [5.74, 6) is 1.53. The molecule has 5 aromatic heterocycles. The zero-order chi connectivity index (χ0) is 31.8. The van der Waals surface area contributed by atoms with E-state index in [-0.39, 0.29) is 17.9 Å². The third kappa shape index (κ3) is 5.48. The van der Waals surface area contributed by atoms with Crippen LogP contribution in [-0.4, -0.2) is 64.5 Å². The van der Waals surface area contributed by atoms with Crippen LogP contribution in [0.4, 0.5) is 16.0 Å². The van der Waals surface area contributed by atoms with Crippen LogP contribution in [0.25, 0.3) is 39.6 Å². The Balaban J connectivity index is 1.20. The molecule has 1 saturated heterocycles. The highest BCUT2D eigenvalue weighted by molar-refractivity contribution is 5.84. The van der Waals surface area contributed by atoms with Crippen LogP contribution in [0.5, 0.6) is 0 Å². The molecular formula is C34H30FN11. The lowest BCUT2D eigenvalue weighted by atomic mass is 10.1. The van der Waals surface area contributed by atoms with Gasteiger partial charge in [0.2, 0.25) is 5.82 Å². The van der Waals surface area contributed by atoms with E-state index in [9.17, 15) is 9.65 Å². The topological polar surface area (TPSA) is 139 Å². The average Bonchev–Trinajstić information content (AvgIpc) is 3.45. The Hall–Kier alpha value is -5.80. The summed E-state index contributed by atoms with van der Waals surface area (Å²) < 4.78 is 15.5. The Kier molecular flexibility index (Phi) is 7.52. The van der Waals surface area contributed by atoms with E-state index in [0.29, 0.717) is 39.8 Å². The van der Waals surface area contributed by atoms with Gasteiger partial charge in [0, 0.05) is 49.8 Å². The predicted molar refractivity (Wildman–Crippen MR) is 173 cm³/mol. The largest absolute Gasteiger partial charge is 0.383 e. The molecule has 0 unspecified atom stereocenters.